The molecule has 0 bridgehead atoms. The molecule has 2 heterocycles. The summed E-state index contributed by atoms with van der Waals surface area (Å²) in [5, 5.41) is 15.2. The summed E-state index contributed by atoms with van der Waals surface area (Å²) >= 11 is 0. The van der Waals surface area contributed by atoms with Gasteiger partial charge in [-0.3, -0.25) is 0 Å². The molecule has 12 rings (SSSR count). The quantitative estimate of drug-likeness (QED) is 0.169. The minimum atomic E-state index is 0.614. The summed E-state index contributed by atoms with van der Waals surface area (Å²) in [5.74, 6) is 1.89. The van der Waals surface area contributed by atoms with E-state index in [1.807, 2.05) is 0 Å². The molecular weight excluding hydrogens is 705 g/mol. The fraction of sp³-hybridized carbons (Fsp3) is 0. The van der Waals surface area contributed by atoms with Crippen molar-refractivity contribution in [1.82, 2.24) is 19.9 Å². The van der Waals surface area contributed by atoms with Crippen LogP contribution in [0.5, 0.6) is 0 Å². The Morgan fingerprint density at radius 3 is 1.31 bits per heavy atom. The molecule has 4 nitrogen and oxygen atoms in total. The largest absolute Gasteiger partial charge is 0.247 e. The van der Waals surface area contributed by atoms with Crippen molar-refractivity contribution in [2.75, 3.05) is 0 Å². The van der Waals surface area contributed by atoms with Crippen LogP contribution in [0.4, 0.5) is 0 Å². The van der Waals surface area contributed by atoms with Crippen LogP contribution in [0.2, 0.25) is 0 Å². The van der Waals surface area contributed by atoms with Gasteiger partial charge in [-0.05, 0) is 72.1 Å². The molecular formula is C54H32N4. The molecule has 0 amide bonds. The Balaban J connectivity index is 1.09. The third-order valence-electron chi connectivity index (χ3n) is 11.7. The van der Waals surface area contributed by atoms with Gasteiger partial charge >= 0.3 is 0 Å². The lowest BCUT2D eigenvalue weighted by atomic mass is 9.95. The van der Waals surface area contributed by atoms with Gasteiger partial charge in [-0.1, -0.05) is 176 Å². The first-order valence-electron chi connectivity index (χ1n) is 19.6. The Morgan fingerprint density at radius 2 is 0.707 bits per heavy atom. The molecule has 0 saturated carbocycles. The summed E-state index contributed by atoms with van der Waals surface area (Å²) in [7, 11) is 0. The van der Waals surface area contributed by atoms with E-state index in [-0.39, 0.29) is 0 Å². The van der Waals surface area contributed by atoms with Gasteiger partial charge in [0.05, 0.1) is 11.2 Å². The van der Waals surface area contributed by atoms with Crippen LogP contribution in [-0.4, -0.2) is 19.9 Å². The SMILES string of the molecule is c1ccc2c(c1)cc(-c1nc(-c3ccc(-c4nc5ccccc5c5c4ccc4ccccc45)cc3)nc(-c3cc4ccccc4c4ccccc34)n1)c1ccccc12. The van der Waals surface area contributed by atoms with Crippen LogP contribution in [0.25, 0.3) is 121 Å². The van der Waals surface area contributed by atoms with Gasteiger partial charge in [0, 0.05) is 38.4 Å². The maximum Gasteiger partial charge on any atom is 0.164 e. The minimum Gasteiger partial charge on any atom is -0.247 e. The lowest BCUT2D eigenvalue weighted by Gasteiger charge is -2.15. The van der Waals surface area contributed by atoms with Crippen LogP contribution < -0.4 is 0 Å². The minimum absolute atomic E-state index is 0.614. The number of para-hydroxylation sites is 1. The first-order valence-corrected chi connectivity index (χ1v) is 19.6. The number of fused-ring (bicyclic) bond motifs is 11. The zero-order chi connectivity index (χ0) is 38.2. The Bertz CT molecular complexity index is 3480. The molecule has 0 fully saturated rings. The van der Waals surface area contributed by atoms with Crippen LogP contribution in [0, 0.1) is 0 Å². The fourth-order valence-corrected chi connectivity index (χ4v) is 8.94. The molecule has 0 saturated heterocycles. The molecule has 0 unspecified atom stereocenters. The molecule has 4 heteroatoms. The van der Waals surface area contributed by atoms with E-state index in [4.69, 9.17) is 19.9 Å². The predicted molar refractivity (Wildman–Crippen MR) is 242 cm³/mol. The first kappa shape index (κ1) is 32.4. The van der Waals surface area contributed by atoms with E-state index < -0.39 is 0 Å². The molecule has 10 aromatic carbocycles. The van der Waals surface area contributed by atoms with Gasteiger partial charge in [0.2, 0.25) is 0 Å². The number of rotatable bonds is 4. The average molecular weight is 737 g/mol. The van der Waals surface area contributed by atoms with Crippen LogP contribution in [0.3, 0.4) is 0 Å². The Morgan fingerprint density at radius 1 is 0.259 bits per heavy atom. The van der Waals surface area contributed by atoms with Crippen molar-refractivity contribution in [2.24, 2.45) is 0 Å². The summed E-state index contributed by atoms with van der Waals surface area (Å²) < 4.78 is 0. The van der Waals surface area contributed by atoms with Crippen molar-refractivity contribution < 1.29 is 0 Å². The number of pyridine rings is 1. The highest BCUT2D eigenvalue weighted by atomic mass is 15.0. The van der Waals surface area contributed by atoms with E-state index in [2.05, 4.69) is 194 Å². The zero-order valence-corrected chi connectivity index (χ0v) is 31.3. The van der Waals surface area contributed by atoms with Crippen LogP contribution in [-0.2, 0) is 0 Å². The van der Waals surface area contributed by atoms with Gasteiger partial charge in [-0.15, -0.1) is 0 Å². The predicted octanol–water partition coefficient (Wildman–Crippen LogP) is 14.0. The molecule has 0 spiro atoms. The van der Waals surface area contributed by atoms with Gasteiger partial charge in [0.15, 0.2) is 17.5 Å². The standard InChI is InChI=1S/C54H32N4/c1-6-18-40-33(13-1)29-30-46-50(40)45-23-11-12-24-49(45)55-51(46)34-25-27-35(28-26-34)52-56-53(47-31-36-14-2-4-16-38(36)41-19-7-9-21-43(41)47)58-54(57-52)48-32-37-15-3-5-17-39(37)42-20-8-10-22-44(42)48/h1-32H. The van der Waals surface area contributed by atoms with E-state index >= 15 is 0 Å². The maximum atomic E-state index is 5.33. The monoisotopic (exact) mass is 736 g/mol. The van der Waals surface area contributed by atoms with Crippen LogP contribution in [0.1, 0.15) is 0 Å². The van der Waals surface area contributed by atoms with Crippen molar-refractivity contribution in [1.29, 1.82) is 0 Å². The van der Waals surface area contributed by atoms with E-state index in [0.717, 1.165) is 65.8 Å². The van der Waals surface area contributed by atoms with Crippen molar-refractivity contribution in [2.45, 2.75) is 0 Å². The van der Waals surface area contributed by atoms with E-state index in [1.165, 1.54) is 37.7 Å². The number of hydrogen-bond donors (Lipinski definition) is 0. The second-order valence-corrected chi connectivity index (χ2v) is 15.0. The summed E-state index contributed by atoms with van der Waals surface area (Å²) in [4.78, 5) is 21.2. The number of nitrogens with zero attached hydrogens (tertiary/aromatic N) is 4. The third-order valence-corrected chi connectivity index (χ3v) is 11.7. The van der Waals surface area contributed by atoms with Gasteiger partial charge in [0.25, 0.3) is 0 Å². The lowest BCUT2D eigenvalue weighted by Crippen LogP contribution is -2.01. The fourth-order valence-electron chi connectivity index (χ4n) is 8.94. The topological polar surface area (TPSA) is 51.6 Å². The summed E-state index contributed by atoms with van der Waals surface area (Å²) in [6.07, 6.45) is 0. The molecule has 0 aliphatic rings. The van der Waals surface area contributed by atoms with Gasteiger partial charge in [0.1, 0.15) is 0 Å². The van der Waals surface area contributed by atoms with E-state index in [1.54, 1.807) is 0 Å². The second kappa shape index (κ2) is 12.9. The van der Waals surface area contributed by atoms with Gasteiger partial charge in [-0.25, -0.2) is 19.9 Å². The Labute approximate surface area is 333 Å². The number of benzene rings is 10. The molecule has 58 heavy (non-hydrogen) atoms. The molecule has 12 aromatic rings. The van der Waals surface area contributed by atoms with Crippen molar-refractivity contribution in [3.63, 3.8) is 0 Å². The Kier molecular flexibility index (Phi) is 7.20. The first-order chi connectivity index (χ1) is 28.7. The smallest absolute Gasteiger partial charge is 0.164 e. The molecule has 0 aliphatic heterocycles. The van der Waals surface area contributed by atoms with Gasteiger partial charge in [-0.2, -0.15) is 0 Å². The van der Waals surface area contributed by atoms with E-state index in [9.17, 15) is 0 Å². The van der Waals surface area contributed by atoms with Crippen LogP contribution >= 0.6 is 0 Å². The molecule has 0 radical (unpaired) electrons. The average Bonchev–Trinajstić information content (AvgIpc) is 3.30. The molecule has 2 aromatic heterocycles. The highest BCUT2D eigenvalue weighted by Crippen LogP contribution is 2.40. The lowest BCUT2D eigenvalue weighted by molar-refractivity contribution is 1.08. The van der Waals surface area contributed by atoms with Crippen LogP contribution in [0.15, 0.2) is 194 Å². The van der Waals surface area contributed by atoms with E-state index in [0.29, 0.717) is 17.5 Å². The highest BCUT2D eigenvalue weighted by Gasteiger charge is 2.19. The maximum absolute atomic E-state index is 5.33. The summed E-state index contributed by atoms with van der Waals surface area (Å²) in [5.41, 5.74) is 5.81. The van der Waals surface area contributed by atoms with Gasteiger partial charge < -0.3 is 0 Å². The second-order valence-electron chi connectivity index (χ2n) is 15.0. The zero-order valence-electron chi connectivity index (χ0n) is 31.3. The number of aromatic nitrogens is 4. The molecule has 0 aliphatic carbocycles. The van der Waals surface area contributed by atoms with Crippen molar-refractivity contribution >= 4 is 75.5 Å². The molecule has 0 N–H and O–H groups in total. The normalized spacial score (nSPS) is 11.8. The Hall–Kier alpha value is -7.82. The number of hydrogen-bond acceptors (Lipinski definition) is 4. The van der Waals surface area contributed by atoms with Crippen molar-refractivity contribution in [3.05, 3.63) is 194 Å². The summed E-state index contributed by atoms with van der Waals surface area (Å²) in [6.45, 7) is 0. The highest BCUT2D eigenvalue weighted by molar-refractivity contribution is 6.22. The third kappa shape index (κ3) is 5.09. The molecule has 0 atom stereocenters. The molecule has 268 valence electrons. The van der Waals surface area contributed by atoms with Crippen molar-refractivity contribution in [3.8, 4) is 45.4 Å². The summed E-state index contributed by atoms with van der Waals surface area (Å²) in [6, 6.07) is 68.6.